The van der Waals surface area contributed by atoms with Crippen molar-refractivity contribution in [3.8, 4) is 11.4 Å². The standard InChI is InChI=1S/C24H21FN6O3S/c1-35(33,34)19-7-16(9-26-12-19)24(32)28-11-18-8-22-15(10-27-18)5-6-21(29-22)20-3-2-4-23(30-20)31-13-17(25)14-31/h2-10,12,17H,11,13-14H2,1H3,(H,28,32). The first-order chi connectivity index (χ1) is 16.8. The molecule has 178 valence electrons. The van der Waals surface area contributed by atoms with Crippen LogP contribution in [-0.4, -0.2) is 59.8 Å². The fourth-order valence-corrected chi connectivity index (χ4v) is 4.26. The number of carbonyl (C=O) groups is 1. The molecule has 0 unspecified atom stereocenters. The Kier molecular flexibility index (Phi) is 5.85. The van der Waals surface area contributed by atoms with Crippen LogP contribution in [0.25, 0.3) is 22.3 Å². The summed E-state index contributed by atoms with van der Waals surface area (Å²) in [6.45, 7) is 0.810. The minimum atomic E-state index is -3.47. The maximum atomic E-state index is 13.2. The molecular formula is C24H21FN6O3S. The number of alkyl halides is 1. The monoisotopic (exact) mass is 492 g/mol. The molecule has 1 aliphatic rings. The van der Waals surface area contributed by atoms with Gasteiger partial charge in [0, 0.05) is 30.2 Å². The van der Waals surface area contributed by atoms with E-state index in [2.05, 4.69) is 20.3 Å². The Bertz CT molecular complexity index is 1540. The van der Waals surface area contributed by atoms with Gasteiger partial charge in [-0.3, -0.25) is 14.8 Å². The molecule has 0 atom stereocenters. The summed E-state index contributed by atoms with van der Waals surface area (Å²) in [4.78, 5) is 31.9. The van der Waals surface area contributed by atoms with Crippen LogP contribution < -0.4 is 10.2 Å². The van der Waals surface area contributed by atoms with Gasteiger partial charge in [0.05, 0.1) is 52.7 Å². The predicted molar refractivity (Wildman–Crippen MR) is 128 cm³/mol. The highest BCUT2D eigenvalue weighted by molar-refractivity contribution is 7.90. The second kappa shape index (κ2) is 8.99. The topological polar surface area (TPSA) is 118 Å². The molecule has 1 amide bonds. The van der Waals surface area contributed by atoms with Gasteiger partial charge in [0.2, 0.25) is 0 Å². The largest absolute Gasteiger partial charge is 0.351 e. The summed E-state index contributed by atoms with van der Waals surface area (Å²) >= 11 is 0. The van der Waals surface area contributed by atoms with Crippen LogP contribution in [0.5, 0.6) is 0 Å². The summed E-state index contributed by atoms with van der Waals surface area (Å²) < 4.78 is 36.7. The third-order valence-corrected chi connectivity index (χ3v) is 6.70. The third-order valence-electron chi connectivity index (χ3n) is 5.62. The van der Waals surface area contributed by atoms with Crippen LogP contribution >= 0.6 is 0 Å². The van der Waals surface area contributed by atoms with Crippen molar-refractivity contribution in [3.05, 3.63) is 72.3 Å². The van der Waals surface area contributed by atoms with Crippen LogP contribution in [0.15, 0.2) is 66.0 Å². The van der Waals surface area contributed by atoms with E-state index < -0.39 is 21.9 Å². The molecule has 0 radical (unpaired) electrons. The Labute approximate surface area is 201 Å². The molecule has 1 N–H and O–H groups in total. The van der Waals surface area contributed by atoms with Crippen LogP contribution in [0.1, 0.15) is 16.1 Å². The minimum absolute atomic E-state index is 0.0259. The quantitative estimate of drug-likeness (QED) is 0.436. The number of sulfone groups is 1. The number of hydrogen-bond donors (Lipinski definition) is 1. The van der Waals surface area contributed by atoms with Gasteiger partial charge in [-0.2, -0.15) is 0 Å². The van der Waals surface area contributed by atoms with Crippen LogP contribution in [0.3, 0.4) is 0 Å². The molecule has 1 saturated heterocycles. The van der Waals surface area contributed by atoms with Crippen molar-refractivity contribution < 1.29 is 17.6 Å². The van der Waals surface area contributed by atoms with Crippen LogP contribution in [0, 0.1) is 0 Å². The van der Waals surface area contributed by atoms with E-state index in [0.717, 1.165) is 11.6 Å². The Morgan fingerprint density at radius 2 is 1.89 bits per heavy atom. The van der Waals surface area contributed by atoms with Crippen molar-refractivity contribution >= 4 is 32.5 Å². The molecule has 9 nitrogen and oxygen atoms in total. The van der Waals surface area contributed by atoms with E-state index in [0.29, 0.717) is 41.5 Å². The average molecular weight is 493 g/mol. The lowest BCUT2D eigenvalue weighted by molar-refractivity contribution is 0.0950. The molecule has 5 rings (SSSR count). The molecule has 0 aromatic carbocycles. The number of anilines is 1. The zero-order valence-electron chi connectivity index (χ0n) is 18.7. The van der Waals surface area contributed by atoms with Crippen molar-refractivity contribution in [3.63, 3.8) is 0 Å². The number of pyridine rings is 4. The number of halogens is 1. The maximum absolute atomic E-state index is 13.2. The molecule has 1 aliphatic heterocycles. The van der Waals surface area contributed by atoms with Gasteiger partial charge in [0.25, 0.3) is 5.91 Å². The van der Waals surface area contributed by atoms with Crippen molar-refractivity contribution in [2.75, 3.05) is 24.2 Å². The molecule has 5 heterocycles. The van der Waals surface area contributed by atoms with Crippen molar-refractivity contribution in [1.29, 1.82) is 0 Å². The number of amides is 1. The van der Waals surface area contributed by atoms with Gasteiger partial charge in [-0.05, 0) is 36.4 Å². The molecule has 0 spiro atoms. The Hall–Kier alpha value is -3.99. The molecule has 4 aromatic heterocycles. The van der Waals surface area contributed by atoms with E-state index >= 15 is 0 Å². The van der Waals surface area contributed by atoms with Crippen molar-refractivity contribution in [2.24, 2.45) is 0 Å². The predicted octanol–water partition coefficient (Wildman–Crippen LogP) is 2.58. The van der Waals surface area contributed by atoms with Gasteiger partial charge in [0.15, 0.2) is 9.84 Å². The Balaban J connectivity index is 1.34. The second-order valence-corrected chi connectivity index (χ2v) is 10.3. The van der Waals surface area contributed by atoms with E-state index in [1.807, 2.05) is 35.2 Å². The lowest BCUT2D eigenvalue weighted by atomic mass is 10.1. The van der Waals surface area contributed by atoms with E-state index in [-0.39, 0.29) is 17.0 Å². The molecule has 0 saturated carbocycles. The first-order valence-corrected chi connectivity index (χ1v) is 12.7. The summed E-state index contributed by atoms with van der Waals surface area (Å²) in [5.41, 5.74) is 2.75. The lowest BCUT2D eigenvalue weighted by Crippen LogP contribution is -2.48. The summed E-state index contributed by atoms with van der Waals surface area (Å²) in [6, 6.07) is 12.4. The fourth-order valence-electron chi connectivity index (χ4n) is 3.67. The molecule has 4 aromatic rings. The number of rotatable bonds is 6. The number of nitrogens with one attached hydrogen (secondary N) is 1. The van der Waals surface area contributed by atoms with E-state index in [1.54, 1.807) is 12.3 Å². The number of aromatic nitrogens is 4. The smallest absolute Gasteiger partial charge is 0.253 e. The van der Waals surface area contributed by atoms with Crippen LogP contribution in [0.2, 0.25) is 0 Å². The van der Waals surface area contributed by atoms with Crippen LogP contribution in [-0.2, 0) is 16.4 Å². The molecule has 11 heteroatoms. The molecule has 1 fully saturated rings. The van der Waals surface area contributed by atoms with Gasteiger partial charge >= 0.3 is 0 Å². The molecule has 0 aliphatic carbocycles. The van der Waals surface area contributed by atoms with Gasteiger partial charge in [-0.25, -0.2) is 22.8 Å². The van der Waals surface area contributed by atoms with Crippen LogP contribution in [0.4, 0.5) is 10.2 Å². The first-order valence-electron chi connectivity index (χ1n) is 10.8. The van der Waals surface area contributed by atoms with Crippen molar-refractivity contribution in [1.82, 2.24) is 25.3 Å². The van der Waals surface area contributed by atoms with Gasteiger partial charge in [-0.15, -0.1) is 0 Å². The van der Waals surface area contributed by atoms with Gasteiger partial charge in [0.1, 0.15) is 12.0 Å². The SMILES string of the molecule is CS(=O)(=O)c1cncc(C(=O)NCc2cc3nc(-c4cccc(N5CC(F)C5)n4)ccc3cn2)c1. The fraction of sp³-hybridized carbons (Fsp3) is 0.208. The highest BCUT2D eigenvalue weighted by Crippen LogP contribution is 2.25. The lowest BCUT2D eigenvalue weighted by Gasteiger charge is -2.35. The van der Waals surface area contributed by atoms with E-state index in [1.165, 1.54) is 18.5 Å². The summed E-state index contributed by atoms with van der Waals surface area (Å²) in [5.74, 6) is 0.250. The summed E-state index contributed by atoms with van der Waals surface area (Å²) in [6.07, 6.45) is 4.42. The third kappa shape index (κ3) is 4.94. The summed E-state index contributed by atoms with van der Waals surface area (Å²) in [5, 5.41) is 3.56. The Morgan fingerprint density at radius 1 is 1.09 bits per heavy atom. The van der Waals surface area contributed by atoms with Gasteiger partial charge in [-0.1, -0.05) is 6.07 Å². The molecular weight excluding hydrogens is 471 g/mol. The normalized spacial score (nSPS) is 14.1. The van der Waals surface area contributed by atoms with Crippen molar-refractivity contribution in [2.45, 2.75) is 17.6 Å². The highest BCUT2D eigenvalue weighted by atomic mass is 32.2. The zero-order chi connectivity index (χ0) is 24.6. The zero-order valence-corrected chi connectivity index (χ0v) is 19.5. The van der Waals surface area contributed by atoms with E-state index in [9.17, 15) is 17.6 Å². The number of fused-ring (bicyclic) bond motifs is 1. The average Bonchev–Trinajstić information content (AvgIpc) is 2.84. The highest BCUT2D eigenvalue weighted by Gasteiger charge is 2.27. The number of nitrogens with zero attached hydrogens (tertiary/aromatic N) is 5. The second-order valence-electron chi connectivity index (χ2n) is 8.31. The van der Waals surface area contributed by atoms with E-state index in [4.69, 9.17) is 4.98 Å². The van der Waals surface area contributed by atoms with Gasteiger partial charge < -0.3 is 10.2 Å². The summed E-state index contributed by atoms with van der Waals surface area (Å²) in [7, 11) is -3.47. The molecule has 35 heavy (non-hydrogen) atoms. The Morgan fingerprint density at radius 3 is 2.66 bits per heavy atom. The number of carbonyl (C=O) groups excluding carboxylic acids is 1. The number of hydrogen-bond acceptors (Lipinski definition) is 8. The maximum Gasteiger partial charge on any atom is 0.253 e. The first kappa shape index (κ1) is 22.8. The molecule has 0 bridgehead atoms. The minimum Gasteiger partial charge on any atom is -0.351 e.